The summed E-state index contributed by atoms with van der Waals surface area (Å²) < 4.78 is 24.2. The number of hydrazone groups is 1. The molecule has 2 bridgehead atoms. The van der Waals surface area contributed by atoms with E-state index in [0.29, 0.717) is 5.92 Å². The molecule has 102 valence electrons. The average Bonchev–Trinajstić information content (AvgIpc) is 2.99. The summed E-state index contributed by atoms with van der Waals surface area (Å²) in [5.74, 6) is 1.23. The van der Waals surface area contributed by atoms with Gasteiger partial charge in [0.15, 0.2) is 0 Å². The fourth-order valence-corrected chi connectivity index (χ4v) is 3.89. The Bertz CT molecular complexity index is 605. The molecule has 1 aromatic rings. The first-order valence-electron chi connectivity index (χ1n) is 6.69. The molecule has 2 unspecified atom stereocenters. The maximum absolute atomic E-state index is 12.1. The van der Waals surface area contributed by atoms with Gasteiger partial charge in [0.2, 0.25) is 0 Å². The van der Waals surface area contributed by atoms with Gasteiger partial charge >= 0.3 is 0 Å². The van der Waals surface area contributed by atoms with E-state index in [2.05, 4.69) is 9.93 Å². The highest BCUT2D eigenvalue weighted by atomic mass is 32.2. The van der Waals surface area contributed by atoms with Gasteiger partial charge in [-0.15, -0.1) is 0 Å². The van der Waals surface area contributed by atoms with Crippen LogP contribution in [0.5, 0.6) is 0 Å². The van der Waals surface area contributed by atoms with E-state index in [1.807, 2.05) is 6.92 Å². The molecule has 2 aliphatic rings. The lowest BCUT2D eigenvalue weighted by molar-refractivity contribution is 0.579. The van der Waals surface area contributed by atoms with Crippen LogP contribution in [0.2, 0.25) is 0 Å². The topological polar surface area (TPSA) is 58.5 Å². The van der Waals surface area contributed by atoms with Crippen LogP contribution in [0.3, 0.4) is 0 Å². The number of benzene rings is 1. The SMILES string of the molecule is Cc1ccc(S(=O)(=O)N/N=C2\CC3CCC2C3)cc1. The first kappa shape index (κ1) is 12.7. The highest BCUT2D eigenvalue weighted by molar-refractivity contribution is 7.89. The number of hydrogen-bond acceptors (Lipinski definition) is 3. The third kappa shape index (κ3) is 2.52. The second-order valence-corrected chi connectivity index (χ2v) is 7.25. The standard InChI is InChI=1S/C14H18N2O2S/c1-10-2-6-13(7-3-10)19(17,18)16-15-14-9-11-4-5-12(14)8-11/h2-3,6-7,11-12,16H,4-5,8-9H2,1H3/b15-14+. The number of rotatable bonds is 3. The molecule has 1 aromatic carbocycles. The van der Waals surface area contributed by atoms with Crippen molar-refractivity contribution in [1.29, 1.82) is 0 Å². The minimum absolute atomic E-state index is 0.269. The molecule has 19 heavy (non-hydrogen) atoms. The molecule has 0 radical (unpaired) electrons. The van der Waals surface area contributed by atoms with Crippen LogP contribution in [0.1, 0.15) is 31.2 Å². The molecule has 2 fully saturated rings. The van der Waals surface area contributed by atoms with Crippen LogP contribution >= 0.6 is 0 Å². The van der Waals surface area contributed by atoms with Crippen molar-refractivity contribution in [3.63, 3.8) is 0 Å². The minimum atomic E-state index is -3.52. The van der Waals surface area contributed by atoms with E-state index < -0.39 is 10.0 Å². The van der Waals surface area contributed by atoms with Crippen LogP contribution in [-0.4, -0.2) is 14.1 Å². The van der Waals surface area contributed by atoms with Gasteiger partial charge in [-0.05, 0) is 56.6 Å². The lowest BCUT2D eigenvalue weighted by Gasteiger charge is -2.12. The van der Waals surface area contributed by atoms with Gasteiger partial charge in [-0.3, -0.25) is 0 Å². The Labute approximate surface area is 114 Å². The number of sulfonamides is 1. The third-order valence-electron chi connectivity index (χ3n) is 4.15. The first-order valence-corrected chi connectivity index (χ1v) is 8.18. The highest BCUT2D eigenvalue weighted by Gasteiger charge is 2.36. The molecule has 2 saturated carbocycles. The molecule has 2 atom stereocenters. The lowest BCUT2D eigenvalue weighted by atomic mass is 9.99. The third-order valence-corrected chi connectivity index (χ3v) is 5.38. The number of nitrogens with zero attached hydrogens (tertiary/aromatic N) is 1. The number of hydrogen-bond donors (Lipinski definition) is 1. The summed E-state index contributed by atoms with van der Waals surface area (Å²) in [6.07, 6.45) is 4.58. The smallest absolute Gasteiger partial charge is 0.200 e. The van der Waals surface area contributed by atoms with Crippen molar-refractivity contribution in [2.24, 2.45) is 16.9 Å². The lowest BCUT2D eigenvalue weighted by Crippen LogP contribution is -2.22. The number of nitrogens with one attached hydrogen (secondary N) is 1. The first-order chi connectivity index (χ1) is 9.04. The Morgan fingerprint density at radius 1 is 1.21 bits per heavy atom. The number of aryl methyl sites for hydroxylation is 1. The largest absolute Gasteiger partial charge is 0.276 e. The van der Waals surface area contributed by atoms with Crippen LogP contribution < -0.4 is 4.83 Å². The molecule has 0 spiro atoms. The molecule has 1 N–H and O–H groups in total. The Morgan fingerprint density at radius 3 is 2.53 bits per heavy atom. The molecule has 2 aliphatic carbocycles. The summed E-state index contributed by atoms with van der Waals surface area (Å²) in [6.45, 7) is 1.93. The van der Waals surface area contributed by atoms with Gasteiger partial charge in [-0.2, -0.15) is 13.5 Å². The maximum Gasteiger partial charge on any atom is 0.276 e. The summed E-state index contributed by atoms with van der Waals surface area (Å²) >= 11 is 0. The van der Waals surface area contributed by atoms with Crippen molar-refractivity contribution in [2.45, 2.75) is 37.5 Å². The molecule has 0 saturated heterocycles. The molecule has 0 heterocycles. The molecule has 0 amide bonds. The molecular weight excluding hydrogens is 260 g/mol. The van der Waals surface area contributed by atoms with Crippen molar-refractivity contribution >= 4 is 15.7 Å². The van der Waals surface area contributed by atoms with E-state index in [1.54, 1.807) is 24.3 Å². The average molecular weight is 278 g/mol. The zero-order chi connectivity index (χ0) is 13.5. The minimum Gasteiger partial charge on any atom is -0.200 e. The van der Waals surface area contributed by atoms with Crippen LogP contribution in [-0.2, 0) is 10.0 Å². The molecule has 0 aromatic heterocycles. The van der Waals surface area contributed by atoms with Gasteiger partial charge in [0.1, 0.15) is 0 Å². The van der Waals surface area contributed by atoms with E-state index in [0.717, 1.165) is 30.0 Å². The monoisotopic (exact) mass is 278 g/mol. The molecular formula is C14H18N2O2S. The van der Waals surface area contributed by atoms with Crippen LogP contribution in [0.15, 0.2) is 34.3 Å². The van der Waals surface area contributed by atoms with Gasteiger partial charge in [0, 0.05) is 5.71 Å². The maximum atomic E-state index is 12.1. The Kier molecular flexibility index (Phi) is 3.09. The van der Waals surface area contributed by atoms with Crippen LogP contribution in [0, 0.1) is 18.8 Å². The summed E-state index contributed by atoms with van der Waals surface area (Å²) in [5, 5.41) is 4.16. The quantitative estimate of drug-likeness (QED) is 0.863. The summed E-state index contributed by atoms with van der Waals surface area (Å²) in [5.41, 5.74) is 2.07. The molecule has 5 heteroatoms. The van der Waals surface area contributed by atoms with Crippen molar-refractivity contribution in [1.82, 2.24) is 4.83 Å². The summed E-state index contributed by atoms with van der Waals surface area (Å²) in [4.78, 5) is 2.65. The van der Waals surface area contributed by atoms with Gasteiger partial charge in [0.05, 0.1) is 4.90 Å². The summed E-state index contributed by atoms with van der Waals surface area (Å²) in [7, 11) is -3.52. The van der Waals surface area contributed by atoms with Crippen LogP contribution in [0.25, 0.3) is 0 Å². The normalized spacial score (nSPS) is 27.9. The second-order valence-electron chi connectivity index (χ2n) is 5.59. The van der Waals surface area contributed by atoms with Gasteiger partial charge < -0.3 is 0 Å². The Hall–Kier alpha value is -1.36. The van der Waals surface area contributed by atoms with E-state index >= 15 is 0 Å². The van der Waals surface area contributed by atoms with Gasteiger partial charge in [-0.1, -0.05) is 17.7 Å². The highest BCUT2D eigenvalue weighted by Crippen LogP contribution is 2.42. The fraction of sp³-hybridized carbons (Fsp3) is 0.500. The van der Waals surface area contributed by atoms with E-state index in [1.165, 1.54) is 12.8 Å². The fourth-order valence-electron chi connectivity index (χ4n) is 3.05. The molecule has 3 rings (SSSR count). The number of fused-ring (bicyclic) bond motifs is 2. The van der Waals surface area contributed by atoms with Crippen molar-refractivity contribution in [3.05, 3.63) is 29.8 Å². The molecule has 4 nitrogen and oxygen atoms in total. The Balaban J connectivity index is 1.75. The predicted molar refractivity (Wildman–Crippen MR) is 74.4 cm³/mol. The van der Waals surface area contributed by atoms with E-state index in [-0.39, 0.29) is 4.90 Å². The van der Waals surface area contributed by atoms with Crippen molar-refractivity contribution in [3.8, 4) is 0 Å². The van der Waals surface area contributed by atoms with Crippen LogP contribution in [0.4, 0.5) is 0 Å². The zero-order valence-corrected chi connectivity index (χ0v) is 11.8. The summed E-state index contributed by atoms with van der Waals surface area (Å²) in [6, 6.07) is 6.80. The van der Waals surface area contributed by atoms with E-state index in [9.17, 15) is 8.42 Å². The zero-order valence-electron chi connectivity index (χ0n) is 11.0. The van der Waals surface area contributed by atoms with Gasteiger partial charge in [-0.25, -0.2) is 4.83 Å². The van der Waals surface area contributed by atoms with Crippen molar-refractivity contribution in [2.75, 3.05) is 0 Å². The predicted octanol–water partition coefficient (Wildman–Crippen LogP) is 2.45. The van der Waals surface area contributed by atoms with Crippen molar-refractivity contribution < 1.29 is 8.42 Å². The Morgan fingerprint density at radius 2 is 1.95 bits per heavy atom. The molecule has 0 aliphatic heterocycles. The van der Waals surface area contributed by atoms with E-state index in [4.69, 9.17) is 0 Å². The second kappa shape index (κ2) is 4.63. The van der Waals surface area contributed by atoms with Gasteiger partial charge in [0.25, 0.3) is 10.0 Å².